The van der Waals surface area contributed by atoms with Crippen molar-refractivity contribution >= 4 is 10.1 Å². The summed E-state index contributed by atoms with van der Waals surface area (Å²) in [5, 5.41) is 0. The van der Waals surface area contributed by atoms with Gasteiger partial charge in [0.25, 0.3) is 0 Å². The second-order valence-electron chi connectivity index (χ2n) is 4.16. The third-order valence-corrected chi connectivity index (χ3v) is 3.52. The zero-order valence-electron chi connectivity index (χ0n) is 11.4. The van der Waals surface area contributed by atoms with Crippen LogP contribution in [-0.2, 0) is 16.7 Å². The minimum Gasteiger partial charge on any atom is -0.744 e. The van der Waals surface area contributed by atoms with Crippen molar-refractivity contribution in [2.24, 2.45) is 0 Å². The molecule has 6 heteroatoms. The molecule has 0 radical (unpaired) electrons. The fraction of sp³-hybridized carbons (Fsp3) is 0.143. The van der Waals surface area contributed by atoms with Crippen LogP contribution in [0.15, 0.2) is 53.4 Å². The van der Waals surface area contributed by atoms with Gasteiger partial charge >= 0.3 is 29.6 Å². The van der Waals surface area contributed by atoms with E-state index >= 15 is 0 Å². The van der Waals surface area contributed by atoms with E-state index in [2.05, 4.69) is 0 Å². The molecule has 2 aromatic rings. The molecule has 0 amide bonds. The third-order valence-electron chi connectivity index (χ3n) is 2.69. The smallest absolute Gasteiger partial charge is 0.744 e. The predicted octanol–water partition coefficient (Wildman–Crippen LogP) is -0.518. The van der Waals surface area contributed by atoms with Crippen LogP contribution < -0.4 is 34.3 Å². The molecule has 0 atom stereocenters. The Balaban J connectivity index is 0.00000200. The molecule has 0 fully saturated rings. The quantitative estimate of drug-likeness (QED) is 0.563. The van der Waals surface area contributed by atoms with E-state index in [4.69, 9.17) is 4.74 Å². The molecule has 0 heterocycles. The van der Waals surface area contributed by atoms with Gasteiger partial charge in [-0.2, -0.15) is 0 Å². The summed E-state index contributed by atoms with van der Waals surface area (Å²) in [6, 6.07) is 13.6. The second kappa shape index (κ2) is 7.24. The zero-order chi connectivity index (χ0) is 13.9. The Morgan fingerprint density at radius 1 is 1.10 bits per heavy atom. The maximum absolute atomic E-state index is 11.0. The largest absolute Gasteiger partial charge is 1.00 e. The van der Waals surface area contributed by atoms with Crippen LogP contribution in [0.1, 0.15) is 11.1 Å². The molecule has 0 aromatic heterocycles. The molecule has 0 unspecified atom stereocenters. The van der Waals surface area contributed by atoms with Gasteiger partial charge < -0.3 is 9.29 Å². The van der Waals surface area contributed by atoms with Crippen LogP contribution in [0.2, 0.25) is 0 Å². The summed E-state index contributed by atoms with van der Waals surface area (Å²) in [5.41, 5.74) is 1.75. The first-order valence-corrected chi connectivity index (χ1v) is 7.11. The van der Waals surface area contributed by atoms with E-state index in [1.165, 1.54) is 12.1 Å². The van der Waals surface area contributed by atoms with Gasteiger partial charge in [-0.3, -0.25) is 0 Å². The van der Waals surface area contributed by atoms with Crippen molar-refractivity contribution in [2.75, 3.05) is 0 Å². The summed E-state index contributed by atoms with van der Waals surface area (Å²) in [4.78, 5) is -0.277. The average Bonchev–Trinajstić information content (AvgIpc) is 2.37. The predicted molar refractivity (Wildman–Crippen MR) is 69.9 cm³/mol. The number of hydrogen-bond donors (Lipinski definition) is 0. The Bertz CT molecular complexity index is 669. The fourth-order valence-corrected chi connectivity index (χ4v) is 2.11. The van der Waals surface area contributed by atoms with Gasteiger partial charge in [0.1, 0.15) is 22.5 Å². The van der Waals surface area contributed by atoms with Crippen LogP contribution >= 0.6 is 0 Å². The van der Waals surface area contributed by atoms with Crippen LogP contribution in [-0.4, -0.2) is 13.0 Å². The molecule has 20 heavy (non-hydrogen) atoms. The first-order valence-electron chi connectivity index (χ1n) is 5.70. The Morgan fingerprint density at radius 2 is 1.75 bits per heavy atom. The van der Waals surface area contributed by atoms with E-state index in [1.54, 1.807) is 13.0 Å². The van der Waals surface area contributed by atoms with Gasteiger partial charge in [-0.25, -0.2) is 8.42 Å². The van der Waals surface area contributed by atoms with Gasteiger partial charge in [0.05, 0.1) is 4.90 Å². The summed E-state index contributed by atoms with van der Waals surface area (Å²) < 4.78 is 38.4. The number of hydrogen-bond acceptors (Lipinski definition) is 4. The number of aryl methyl sites for hydroxylation is 1. The molecule has 0 aliphatic heterocycles. The standard InChI is InChI=1S/C14H14O4S.Na/c1-11-7-8-13(19(15,16)17)9-14(11)18-10-12-5-3-2-4-6-12;/h2-9H,10H2,1H3,(H,15,16,17);/q;+1/p-1. The van der Waals surface area contributed by atoms with E-state index in [-0.39, 0.29) is 34.5 Å². The van der Waals surface area contributed by atoms with Gasteiger partial charge in [-0.15, -0.1) is 0 Å². The van der Waals surface area contributed by atoms with E-state index < -0.39 is 10.1 Å². The molecule has 0 spiro atoms. The molecule has 0 N–H and O–H groups in total. The summed E-state index contributed by atoms with van der Waals surface area (Å²) in [5.74, 6) is 0.403. The minimum atomic E-state index is -4.46. The Hall–Kier alpha value is -0.850. The van der Waals surface area contributed by atoms with Gasteiger partial charge in [-0.05, 0) is 30.2 Å². The van der Waals surface area contributed by atoms with Crippen LogP contribution in [0.25, 0.3) is 0 Å². The van der Waals surface area contributed by atoms with Crippen molar-refractivity contribution in [3.05, 3.63) is 59.7 Å². The summed E-state index contributed by atoms with van der Waals surface area (Å²) in [7, 11) is -4.46. The summed E-state index contributed by atoms with van der Waals surface area (Å²) >= 11 is 0. The topological polar surface area (TPSA) is 66.4 Å². The summed E-state index contributed by atoms with van der Waals surface area (Å²) in [6.07, 6.45) is 0. The molecule has 0 bridgehead atoms. The second-order valence-corrected chi connectivity index (χ2v) is 5.54. The number of benzene rings is 2. The monoisotopic (exact) mass is 300 g/mol. The van der Waals surface area contributed by atoms with E-state index in [0.29, 0.717) is 12.4 Å². The van der Waals surface area contributed by atoms with Gasteiger partial charge in [-0.1, -0.05) is 36.4 Å². The van der Waals surface area contributed by atoms with Gasteiger partial charge in [0.15, 0.2) is 0 Å². The van der Waals surface area contributed by atoms with E-state index in [0.717, 1.165) is 11.1 Å². The van der Waals surface area contributed by atoms with Crippen LogP contribution in [0.4, 0.5) is 0 Å². The fourth-order valence-electron chi connectivity index (χ4n) is 1.63. The van der Waals surface area contributed by atoms with Crippen molar-refractivity contribution in [1.29, 1.82) is 0 Å². The van der Waals surface area contributed by atoms with Crippen LogP contribution in [0, 0.1) is 6.92 Å². The first kappa shape index (κ1) is 17.2. The normalized spacial score (nSPS) is 10.7. The van der Waals surface area contributed by atoms with E-state index in [1.807, 2.05) is 30.3 Å². The van der Waals surface area contributed by atoms with E-state index in [9.17, 15) is 13.0 Å². The number of rotatable bonds is 4. The molecule has 2 rings (SSSR count). The maximum atomic E-state index is 11.0. The molecule has 100 valence electrons. The minimum absolute atomic E-state index is 0. The van der Waals surface area contributed by atoms with Crippen molar-refractivity contribution in [3.63, 3.8) is 0 Å². The van der Waals surface area contributed by atoms with Crippen molar-refractivity contribution < 1.29 is 47.3 Å². The molecule has 4 nitrogen and oxygen atoms in total. The van der Waals surface area contributed by atoms with Gasteiger partial charge in [0, 0.05) is 0 Å². The molecule has 0 aliphatic rings. The van der Waals surface area contributed by atoms with Crippen molar-refractivity contribution in [2.45, 2.75) is 18.4 Å². The Morgan fingerprint density at radius 3 is 2.35 bits per heavy atom. The Labute approximate surface area is 140 Å². The molecular formula is C14H13NaO4S. The zero-order valence-corrected chi connectivity index (χ0v) is 14.2. The molecule has 2 aromatic carbocycles. The molecule has 0 saturated carbocycles. The molecule has 0 saturated heterocycles. The first-order chi connectivity index (χ1) is 8.97. The third kappa shape index (κ3) is 4.61. The van der Waals surface area contributed by atoms with Gasteiger partial charge in [0.2, 0.25) is 0 Å². The van der Waals surface area contributed by atoms with Crippen molar-refractivity contribution in [1.82, 2.24) is 0 Å². The molecular weight excluding hydrogens is 287 g/mol. The average molecular weight is 300 g/mol. The maximum Gasteiger partial charge on any atom is 1.00 e. The van der Waals surface area contributed by atoms with Crippen LogP contribution in [0.3, 0.4) is 0 Å². The molecule has 0 aliphatic carbocycles. The van der Waals surface area contributed by atoms with Crippen LogP contribution in [0.5, 0.6) is 5.75 Å². The van der Waals surface area contributed by atoms with Crippen molar-refractivity contribution in [3.8, 4) is 5.75 Å². The summed E-state index contributed by atoms with van der Waals surface area (Å²) in [6.45, 7) is 2.12. The Kier molecular flexibility index (Phi) is 6.23. The number of ether oxygens (including phenoxy) is 1. The SMILES string of the molecule is Cc1ccc(S(=O)(=O)[O-])cc1OCc1ccccc1.[Na+].